The van der Waals surface area contributed by atoms with Crippen LogP contribution in [0, 0.1) is 0 Å². The number of hydrogen-bond donors (Lipinski definition) is 1. The van der Waals surface area contributed by atoms with Crippen LogP contribution in [-0.4, -0.2) is 27.5 Å². The number of allylic oxidation sites excluding steroid dienone is 2. The third-order valence-electron chi connectivity index (χ3n) is 3.57. The number of thioether (sulfide) groups is 1. The molecule has 1 saturated heterocycles. The lowest BCUT2D eigenvalue weighted by Gasteiger charge is -2.12. The van der Waals surface area contributed by atoms with Gasteiger partial charge in [0.05, 0.1) is 11.4 Å². The summed E-state index contributed by atoms with van der Waals surface area (Å²) in [6, 6.07) is 9.29. The van der Waals surface area contributed by atoms with Gasteiger partial charge in [-0.15, -0.1) is 11.8 Å². The van der Waals surface area contributed by atoms with Gasteiger partial charge in [-0.1, -0.05) is 49.4 Å². The maximum Gasteiger partial charge on any atom is 0.178 e. The summed E-state index contributed by atoms with van der Waals surface area (Å²) in [5, 5.41) is 10.2. The van der Waals surface area contributed by atoms with Gasteiger partial charge in [0.25, 0.3) is 0 Å². The van der Waals surface area contributed by atoms with Crippen LogP contribution in [0.4, 0.5) is 0 Å². The molecule has 1 heterocycles. The van der Waals surface area contributed by atoms with Crippen LogP contribution in [0.25, 0.3) is 0 Å². The topological polar surface area (TPSA) is 37.3 Å². The van der Waals surface area contributed by atoms with Crippen molar-refractivity contribution in [3.63, 3.8) is 0 Å². The highest BCUT2D eigenvalue weighted by atomic mass is 32.2. The Balaban J connectivity index is 1.90. The van der Waals surface area contributed by atoms with Crippen molar-refractivity contribution < 1.29 is 9.90 Å². The molecule has 1 aromatic carbocycles. The molecule has 20 heavy (non-hydrogen) atoms. The van der Waals surface area contributed by atoms with E-state index in [1.165, 1.54) is 0 Å². The average molecular weight is 290 g/mol. The Kier molecular flexibility index (Phi) is 5.86. The van der Waals surface area contributed by atoms with E-state index in [4.69, 9.17) is 0 Å². The minimum atomic E-state index is -0.507. The molecule has 3 atom stereocenters. The van der Waals surface area contributed by atoms with Crippen LogP contribution in [-0.2, 0) is 0 Å². The highest BCUT2D eigenvalue weighted by molar-refractivity contribution is 8.01. The second-order valence-corrected chi connectivity index (χ2v) is 6.62. The molecule has 0 bridgehead atoms. The first-order valence-electron chi connectivity index (χ1n) is 7.30. The van der Waals surface area contributed by atoms with Gasteiger partial charge < -0.3 is 5.11 Å². The van der Waals surface area contributed by atoms with Crippen molar-refractivity contribution in [1.29, 1.82) is 0 Å². The summed E-state index contributed by atoms with van der Waals surface area (Å²) in [7, 11) is 0. The van der Waals surface area contributed by atoms with Gasteiger partial charge in [0.2, 0.25) is 0 Å². The minimum Gasteiger partial charge on any atom is -0.391 e. The molecule has 0 spiro atoms. The van der Waals surface area contributed by atoms with E-state index in [-0.39, 0.29) is 11.0 Å². The predicted molar refractivity (Wildman–Crippen MR) is 85.2 cm³/mol. The number of ketones is 1. The van der Waals surface area contributed by atoms with Gasteiger partial charge in [0, 0.05) is 10.8 Å². The summed E-state index contributed by atoms with van der Waals surface area (Å²) < 4.78 is 0. The van der Waals surface area contributed by atoms with Gasteiger partial charge in [-0.2, -0.15) is 0 Å². The van der Waals surface area contributed by atoms with Gasteiger partial charge in [0.1, 0.15) is 0 Å². The number of aliphatic hydroxyl groups is 1. The Bertz CT molecular complexity index is 455. The maximum atomic E-state index is 12.4. The zero-order valence-corrected chi connectivity index (χ0v) is 12.7. The van der Waals surface area contributed by atoms with E-state index in [1.54, 1.807) is 11.8 Å². The highest BCUT2D eigenvalue weighted by Gasteiger charge is 2.38. The summed E-state index contributed by atoms with van der Waals surface area (Å²) in [6.07, 6.45) is 7.72. The summed E-state index contributed by atoms with van der Waals surface area (Å²) >= 11 is 1.65. The SMILES string of the molecule is CC/C=C\CC[C@@H]1C[C@@H](O)[C@@H](C(=O)c2ccccc2)S1. The fraction of sp³-hybridized carbons (Fsp3) is 0.471. The summed E-state index contributed by atoms with van der Waals surface area (Å²) in [6.45, 7) is 2.12. The molecule has 2 nitrogen and oxygen atoms in total. The fourth-order valence-corrected chi connectivity index (χ4v) is 4.05. The first kappa shape index (κ1) is 15.3. The van der Waals surface area contributed by atoms with E-state index in [2.05, 4.69) is 19.1 Å². The second kappa shape index (κ2) is 7.65. The van der Waals surface area contributed by atoms with Gasteiger partial charge in [-0.25, -0.2) is 0 Å². The lowest BCUT2D eigenvalue weighted by atomic mass is 10.0. The first-order valence-corrected chi connectivity index (χ1v) is 8.24. The van der Waals surface area contributed by atoms with Crippen molar-refractivity contribution in [2.24, 2.45) is 0 Å². The maximum absolute atomic E-state index is 12.4. The summed E-state index contributed by atoms with van der Waals surface area (Å²) in [5.41, 5.74) is 0.704. The molecular formula is C17H22O2S. The number of Topliss-reactive ketones (excluding diaryl/α,β-unsaturated/α-hetero) is 1. The van der Waals surface area contributed by atoms with Crippen LogP contribution in [0.15, 0.2) is 42.5 Å². The molecule has 0 radical (unpaired) electrons. The zero-order chi connectivity index (χ0) is 14.4. The summed E-state index contributed by atoms with van der Waals surface area (Å²) in [5.74, 6) is 0.0645. The molecule has 2 rings (SSSR count). The Labute approximate surface area is 125 Å². The second-order valence-electron chi connectivity index (χ2n) is 5.17. The third-order valence-corrected chi connectivity index (χ3v) is 5.20. The quantitative estimate of drug-likeness (QED) is 0.638. The number of rotatable bonds is 6. The van der Waals surface area contributed by atoms with Gasteiger partial charge in [0.15, 0.2) is 5.78 Å². The molecule has 108 valence electrons. The molecule has 1 aliphatic heterocycles. The molecule has 0 amide bonds. The molecular weight excluding hydrogens is 268 g/mol. The third kappa shape index (κ3) is 3.97. The zero-order valence-electron chi connectivity index (χ0n) is 11.9. The van der Waals surface area contributed by atoms with Crippen molar-refractivity contribution in [3.05, 3.63) is 48.0 Å². The number of benzene rings is 1. The van der Waals surface area contributed by atoms with Crippen LogP contribution in [0.3, 0.4) is 0 Å². The Morgan fingerprint density at radius 3 is 2.80 bits per heavy atom. The Morgan fingerprint density at radius 2 is 2.10 bits per heavy atom. The van der Waals surface area contributed by atoms with Crippen molar-refractivity contribution in [2.45, 2.75) is 49.2 Å². The molecule has 1 fully saturated rings. The van der Waals surface area contributed by atoms with Gasteiger partial charge in [-0.05, 0) is 25.7 Å². The first-order chi connectivity index (χ1) is 9.72. The van der Waals surface area contributed by atoms with E-state index in [0.717, 1.165) is 25.7 Å². The van der Waals surface area contributed by atoms with Crippen molar-refractivity contribution in [1.82, 2.24) is 0 Å². The normalized spacial score (nSPS) is 26.2. The molecule has 0 aromatic heterocycles. The smallest absolute Gasteiger partial charge is 0.178 e. The van der Waals surface area contributed by atoms with Crippen molar-refractivity contribution >= 4 is 17.5 Å². The molecule has 0 aliphatic carbocycles. The molecule has 0 saturated carbocycles. The number of carbonyl (C=O) groups excluding carboxylic acids is 1. The van der Waals surface area contributed by atoms with Crippen molar-refractivity contribution in [2.75, 3.05) is 0 Å². The van der Waals surface area contributed by atoms with Crippen LogP contribution < -0.4 is 0 Å². The van der Waals surface area contributed by atoms with Crippen LogP contribution in [0.5, 0.6) is 0 Å². The molecule has 1 aliphatic rings. The van der Waals surface area contributed by atoms with Crippen LogP contribution in [0.2, 0.25) is 0 Å². The Morgan fingerprint density at radius 1 is 1.35 bits per heavy atom. The number of aliphatic hydroxyl groups excluding tert-OH is 1. The van der Waals surface area contributed by atoms with E-state index < -0.39 is 6.10 Å². The monoisotopic (exact) mass is 290 g/mol. The van der Waals surface area contributed by atoms with E-state index in [1.807, 2.05) is 30.3 Å². The highest BCUT2D eigenvalue weighted by Crippen LogP contribution is 2.38. The average Bonchev–Trinajstić information content (AvgIpc) is 2.85. The lowest BCUT2D eigenvalue weighted by Crippen LogP contribution is -2.26. The van der Waals surface area contributed by atoms with Crippen molar-refractivity contribution in [3.8, 4) is 0 Å². The standard InChI is InChI=1S/C17H22O2S/c1-2-3-4-8-11-14-12-15(18)17(20-14)16(19)13-9-6-5-7-10-13/h3-7,9-10,14-15,17-18H,2,8,11-12H2,1H3/b4-3-/t14-,15-,17+/m1/s1. The molecule has 0 unspecified atom stereocenters. The minimum absolute atomic E-state index is 0.0645. The van der Waals surface area contributed by atoms with E-state index in [9.17, 15) is 9.90 Å². The fourth-order valence-electron chi connectivity index (χ4n) is 2.50. The van der Waals surface area contributed by atoms with Gasteiger partial charge >= 0.3 is 0 Å². The molecule has 1 N–H and O–H groups in total. The number of carbonyl (C=O) groups is 1. The van der Waals surface area contributed by atoms with E-state index >= 15 is 0 Å². The van der Waals surface area contributed by atoms with Gasteiger partial charge in [-0.3, -0.25) is 4.79 Å². The lowest BCUT2D eigenvalue weighted by molar-refractivity contribution is 0.0902. The molecule has 3 heteroatoms. The van der Waals surface area contributed by atoms with E-state index in [0.29, 0.717) is 10.8 Å². The predicted octanol–water partition coefficient (Wildman–Crippen LogP) is 3.85. The Hall–Kier alpha value is -1.06. The largest absolute Gasteiger partial charge is 0.391 e. The number of hydrogen-bond acceptors (Lipinski definition) is 3. The molecule has 1 aromatic rings. The summed E-state index contributed by atoms with van der Waals surface area (Å²) in [4.78, 5) is 12.4. The van der Waals surface area contributed by atoms with Crippen LogP contribution >= 0.6 is 11.8 Å². The van der Waals surface area contributed by atoms with Crippen LogP contribution in [0.1, 0.15) is 43.0 Å².